The third-order valence-corrected chi connectivity index (χ3v) is 2.37. The summed E-state index contributed by atoms with van der Waals surface area (Å²) in [7, 11) is 0. The third kappa shape index (κ3) is 8.10. The monoisotopic (exact) mass is 169 g/mol. The summed E-state index contributed by atoms with van der Waals surface area (Å²) >= 11 is 0. The Morgan fingerprint density at radius 2 is 1.75 bits per heavy atom. The maximum absolute atomic E-state index is 2.48. The molecule has 1 atom stereocenters. The highest BCUT2D eigenvalue weighted by Gasteiger charge is 2.00. The molecule has 0 aromatic rings. The second-order valence-corrected chi connectivity index (χ2v) is 3.85. The second-order valence-electron chi connectivity index (χ2n) is 3.85. The highest BCUT2D eigenvalue weighted by molar-refractivity contribution is 4.71. The Bertz CT molecular complexity index is 76.1. The summed E-state index contributed by atoms with van der Waals surface area (Å²) in [5.74, 6) is 0.849. The molecule has 0 aliphatic rings. The Kier molecular flexibility index (Phi) is 9.09. The minimum atomic E-state index is 0.849. The summed E-state index contributed by atoms with van der Waals surface area (Å²) in [6.07, 6.45) is 12.1. The zero-order valence-electron chi connectivity index (χ0n) is 9.10. The quantitative estimate of drug-likeness (QED) is 0.466. The van der Waals surface area contributed by atoms with Gasteiger partial charge in [0.25, 0.3) is 0 Å². The SMILES string of the molecule is CCC[CH][C@@H](C)CCCCCC. The minimum absolute atomic E-state index is 0.849. The standard InChI is InChI=1S/C12H25/c1-4-6-8-9-11-12(3)10-7-5-2/h10,12H,4-9,11H2,1-3H3/t12-/m1/s1. The fourth-order valence-electron chi connectivity index (χ4n) is 1.46. The molecule has 0 fully saturated rings. The summed E-state index contributed by atoms with van der Waals surface area (Å²) < 4.78 is 0. The number of hydrogen-bond donors (Lipinski definition) is 0. The van der Waals surface area contributed by atoms with E-state index in [-0.39, 0.29) is 0 Å². The van der Waals surface area contributed by atoms with Crippen molar-refractivity contribution >= 4 is 0 Å². The van der Waals surface area contributed by atoms with Gasteiger partial charge in [0.05, 0.1) is 0 Å². The van der Waals surface area contributed by atoms with Crippen LogP contribution >= 0.6 is 0 Å². The molecule has 0 heteroatoms. The van der Waals surface area contributed by atoms with Crippen LogP contribution in [0.3, 0.4) is 0 Å². The molecule has 0 unspecified atom stereocenters. The molecule has 0 rings (SSSR count). The average molecular weight is 169 g/mol. The topological polar surface area (TPSA) is 0 Å². The summed E-state index contributed by atoms with van der Waals surface area (Å²) in [6, 6.07) is 0. The van der Waals surface area contributed by atoms with Gasteiger partial charge in [-0.15, -0.1) is 0 Å². The van der Waals surface area contributed by atoms with Gasteiger partial charge in [-0.25, -0.2) is 0 Å². The molecule has 1 radical (unpaired) electrons. The van der Waals surface area contributed by atoms with E-state index in [1.165, 1.54) is 44.9 Å². The van der Waals surface area contributed by atoms with E-state index in [0.717, 1.165) is 5.92 Å². The van der Waals surface area contributed by atoms with E-state index in [4.69, 9.17) is 0 Å². The van der Waals surface area contributed by atoms with Crippen LogP contribution in [-0.4, -0.2) is 0 Å². The lowest BCUT2D eigenvalue weighted by molar-refractivity contribution is 0.523. The van der Waals surface area contributed by atoms with Gasteiger partial charge in [-0.2, -0.15) is 0 Å². The molecule has 0 N–H and O–H groups in total. The first-order valence-electron chi connectivity index (χ1n) is 5.64. The van der Waals surface area contributed by atoms with Gasteiger partial charge < -0.3 is 0 Å². The lowest BCUT2D eigenvalue weighted by atomic mass is 9.97. The van der Waals surface area contributed by atoms with Crippen LogP contribution in [0.25, 0.3) is 0 Å². The van der Waals surface area contributed by atoms with Crippen molar-refractivity contribution in [2.75, 3.05) is 0 Å². The van der Waals surface area contributed by atoms with Gasteiger partial charge in [0, 0.05) is 0 Å². The molecule has 0 aromatic carbocycles. The van der Waals surface area contributed by atoms with Gasteiger partial charge in [-0.3, -0.25) is 0 Å². The molecule has 0 spiro atoms. The van der Waals surface area contributed by atoms with Gasteiger partial charge in [0.15, 0.2) is 0 Å². The van der Waals surface area contributed by atoms with Crippen LogP contribution in [-0.2, 0) is 0 Å². The van der Waals surface area contributed by atoms with Crippen LogP contribution in [0, 0.1) is 12.3 Å². The Morgan fingerprint density at radius 1 is 1.00 bits per heavy atom. The summed E-state index contributed by atoms with van der Waals surface area (Å²) in [4.78, 5) is 0. The molecule has 0 amide bonds. The lowest BCUT2D eigenvalue weighted by Crippen LogP contribution is -1.95. The van der Waals surface area contributed by atoms with Crippen LogP contribution in [0.4, 0.5) is 0 Å². The maximum Gasteiger partial charge on any atom is -0.0358 e. The molecule has 12 heavy (non-hydrogen) atoms. The van der Waals surface area contributed by atoms with Crippen molar-refractivity contribution in [3.05, 3.63) is 6.42 Å². The second kappa shape index (κ2) is 9.09. The predicted molar refractivity (Wildman–Crippen MR) is 57.1 cm³/mol. The molecular weight excluding hydrogens is 144 g/mol. The number of hydrogen-bond acceptors (Lipinski definition) is 0. The van der Waals surface area contributed by atoms with Crippen LogP contribution in [0.1, 0.15) is 65.7 Å². The Labute approximate surface area is 78.8 Å². The van der Waals surface area contributed by atoms with Crippen LogP contribution in [0.15, 0.2) is 0 Å². The van der Waals surface area contributed by atoms with E-state index < -0.39 is 0 Å². The first-order chi connectivity index (χ1) is 5.81. The average Bonchev–Trinajstić information content (AvgIpc) is 2.09. The smallest absolute Gasteiger partial charge is 0.0358 e. The normalized spacial score (nSPS) is 13.2. The van der Waals surface area contributed by atoms with Crippen molar-refractivity contribution in [2.45, 2.75) is 65.7 Å². The van der Waals surface area contributed by atoms with Gasteiger partial charge in [0.1, 0.15) is 0 Å². The van der Waals surface area contributed by atoms with Gasteiger partial charge in [0.2, 0.25) is 0 Å². The molecule has 0 aromatic heterocycles. The van der Waals surface area contributed by atoms with Gasteiger partial charge in [-0.1, -0.05) is 65.7 Å². The predicted octanol–water partition coefficient (Wildman–Crippen LogP) is 4.60. The first-order valence-corrected chi connectivity index (χ1v) is 5.64. The van der Waals surface area contributed by atoms with E-state index in [0.29, 0.717) is 0 Å². The van der Waals surface area contributed by atoms with E-state index in [1.54, 1.807) is 0 Å². The minimum Gasteiger partial charge on any atom is -0.0654 e. The fourth-order valence-corrected chi connectivity index (χ4v) is 1.46. The zero-order valence-corrected chi connectivity index (χ0v) is 9.10. The molecule has 0 nitrogen and oxygen atoms in total. The molecular formula is C12H25. The third-order valence-electron chi connectivity index (χ3n) is 2.37. The molecule has 0 aliphatic carbocycles. The van der Waals surface area contributed by atoms with Crippen LogP contribution in [0.2, 0.25) is 0 Å². The molecule has 0 saturated carbocycles. The summed E-state index contributed by atoms with van der Waals surface area (Å²) in [5, 5.41) is 0. The molecule has 0 heterocycles. The van der Waals surface area contributed by atoms with Crippen LogP contribution in [0.5, 0.6) is 0 Å². The largest absolute Gasteiger partial charge is 0.0654 e. The first kappa shape index (κ1) is 12.0. The van der Waals surface area contributed by atoms with Crippen molar-refractivity contribution in [3.8, 4) is 0 Å². The van der Waals surface area contributed by atoms with E-state index in [1.807, 2.05) is 0 Å². The summed E-state index contributed by atoms with van der Waals surface area (Å²) in [5.41, 5.74) is 0. The Balaban J connectivity index is 3.02. The van der Waals surface area contributed by atoms with Crippen molar-refractivity contribution < 1.29 is 0 Å². The van der Waals surface area contributed by atoms with Crippen molar-refractivity contribution in [1.82, 2.24) is 0 Å². The van der Waals surface area contributed by atoms with E-state index >= 15 is 0 Å². The molecule has 0 aliphatic heterocycles. The van der Waals surface area contributed by atoms with Crippen molar-refractivity contribution in [1.29, 1.82) is 0 Å². The van der Waals surface area contributed by atoms with Crippen LogP contribution < -0.4 is 0 Å². The fraction of sp³-hybridized carbons (Fsp3) is 0.917. The highest BCUT2D eigenvalue weighted by Crippen LogP contribution is 2.15. The van der Waals surface area contributed by atoms with Crippen molar-refractivity contribution in [2.24, 2.45) is 5.92 Å². The van der Waals surface area contributed by atoms with Crippen molar-refractivity contribution in [3.63, 3.8) is 0 Å². The Hall–Kier alpha value is 0. The van der Waals surface area contributed by atoms with Gasteiger partial charge in [-0.05, 0) is 12.3 Å². The molecule has 0 saturated heterocycles. The maximum atomic E-state index is 2.48. The number of rotatable bonds is 8. The number of unbranched alkanes of at least 4 members (excludes halogenated alkanes) is 4. The lowest BCUT2D eigenvalue weighted by Gasteiger charge is -2.09. The summed E-state index contributed by atoms with van der Waals surface area (Å²) in [6.45, 7) is 6.87. The van der Waals surface area contributed by atoms with E-state index in [9.17, 15) is 0 Å². The zero-order chi connectivity index (χ0) is 9.23. The molecule has 73 valence electrons. The highest BCUT2D eigenvalue weighted by atomic mass is 14.1. The van der Waals surface area contributed by atoms with E-state index in [2.05, 4.69) is 27.2 Å². The van der Waals surface area contributed by atoms with Gasteiger partial charge >= 0.3 is 0 Å². The molecule has 0 bridgehead atoms. The Morgan fingerprint density at radius 3 is 2.33 bits per heavy atom.